The van der Waals surface area contributed by atoms with Gasteiger partial charge in [0.15, 0.2) is 0 Å². The lowest BCUT2D eigenvalue weighted by Crippen LogP contribution is -2.08. The van der Waals surface area contributed by atoms with Crippen molar-refractivity contribution in [2.24, 2.45) is 0 Å². The average Bonchev–Trinajstić information content (AvgIpc) is 2.49. The molecule has 4 nitrogen and oxygen atoms in total. The molecule has 0 saturated carbocycles. The lowest BCUT2D eigenvalue weighted by Gasteiger charge is -2.07. The van der Waals surface area contributed by atoms with E-state index in [0.29, 0.717) is 13.2 Å². The highest BCUT2D eigenvalue weighted by Gasteiger charge is 1.95. The number of anilines is 1. The zero-order valence-corrected chi connectivity index (χ0v) is 11.5. The van der Waals surface area contributed by atoms with Crippen molar-refractivity contribution < 1.29 is 9.47 Å². The summed E-state index contributed by atoms with van der Waals surface area (Å²) in [4.78, 5) is 3.99. The molecule has 0 unspecified atom stereocenters. The number of nitrogens with zero attached hydrogens (tertiary/aromatic N) is 1. The Labute approximate surface area is 119 Å². The predicted octanol–water partition coefficient (Wildman–Crippen LogP) is 2.69. The van der Waals surface area contributed by atoms with Crippen molar-refractivity contribution in [2.75, 3.05) is 25.6 Å². The fourth-order valence-electron chi connectivity index (χ4n) is 1.81. The van der Waals surface area contributed by atoms with Crippen molar-refractivity contribution in [3.63, 3.8) is 0 Å². The maximum Gasteiger partial charge on any atom is 0.119 e. The molecule has 1 heterocycles. The molecule has 0 fully saturated rings. The maximum absolute atomic E-state index is 5.60. The van der Waals surface area contributed by atoms with Crippen LogP contribution in [-0.4, -0.2) is 24.8 Å². The topological polar surface area (TPSA) is 57.4 Å². The molecule has 2 rings (SSSR count). The van der Waals surface area contributed by atoms with Gasteiger partial charge < -0.3 is 15.2 Å². The van der Waals surface area contributed by atoms with Gasteiger partial charge in [0, 0.05) is 24.7 Å². The molecule has 0 radical (unpaired) electrons. The molecule has 4 heteroatoms. The van der Waals surface area contributed by atoms with Crippen LogP contribution < -0.4 is 10.5 Å². The first-order valence-electron chi connectivity index (χ1n) is 6.79. The Balaban J connectivity index is 1.51. The van der Waals surface area contributed by atoms with E-state index in [1.807, 2.05) is 48.8 Å². The molecule has 106 valence electrons. The molecule has 0 atom stereocenters. The van der Waals surface area contributed by atoms with Crippen LogP contribution in [0.15, 0.2) is 48.8 Å². The monoisotopic (exact) mass is 272 g/mol. The molecular formula is C16H20N2O2. The number of hydrogen-bond acceptors (Lipinski definition) is 4. The molecule has 0 bridgehead atoms. The Kier molecular flexibility index (Phi) is 5.86. The number of pyridine rings is 1. The van der Waals surface area contributed by atoms with Crippen LogP contribution in [0.25, 0.3) is 0 Å². The molecule has 2 N–H and O–H groups in total. The van der Waals surface area contributed by atoms with Crippen LogP contribution in [0.4, 0.5) is 5.69 Å². The van der Waals surface area contributed by atoms with Crippen LogP contribution in [0.1, 0.15) is 12.0 Å². The summed E-state index contributed by atoms with van der Waals surface area (Å²) in [6.45, 7) is 1.90. The summed E-state index contributed by atoms with van der Waals surface area (Å²) in [5.74, 6) is 0.819. The Morgan fingerprint density at radius 3 is 2.40 bits per heavy atom. The van der Waals surface area contributed by atoms with E-state index in [-0.39, 0.29) is 0 Å². The second-order valence-electron chi connectivity index (χ2n) is 4.49. The Hall–Kier alpha value is -2.07. The van der Waals surface area contributed by atoms with Gasteiger partial charge in [0.1, 0.15) is 12.4 Å². The van der Waals surface area contributed by atoms with Gasteiger partial charge in [-0.05, 0) is 54.8 Å². The number of nitrogens with two attached hydrogens (primary N) is 1. The first kappa shape index (κ1) is 14.3. The molecule has 0 amide bonds. The number of hydrogen-bond donors (Lipinski definition) is 1. The van der Waals surface area contributed by atoms with Gasteiger partial charge >= 0.3 is 0 Å². The SMILES string of the molecule is Nc1ccc(OCCOCCCc2ccncc2)cc1. The largest absolute Gasteiger partial charge is 0.491 e. The van der Waals surface area contributed by atoms with E-state index in [9.17, 15) is 0 Å². The number of rotatable bonds is 8. The molecule has 0 spiro atoms. The normalized spacial score (nSPS) is 10.4. The van der Waals surface area contributed by atoms with E-state index < -0.39 is 0 Å². The highest BCUT2D eigenvalue weighted by atomic mass is 16.5. The molecule has 2 aromatic rings. The summed E-state index contributed by atoms with van der Waals surface area (Å²) >= 11 is 0. The van der Waals surface area contributed by atoms with E-state index in [4.69, 9.17) is 15.2 Å². The summed E-state index contributed by atoms with van der Waals surface area (Å²) in [7, 11) is 0. The summed E-state index contributed by atoms with van der Waals surface area (Å²) < 4.78 is 11.1. The van der Waals surface area contributed by atoms with Crippen molar-refractivity contribution in [1.82, 2.24) is 4.98 Å². The van der Waals surface area contributed by atoms with Crippen molar-refractivity contribution in [2.45, 2.75) is 12.8 Å². The predicted molar refractivity (Wildman–Crippen MR) is 79.7 cm³/mol. The van der Waals surface area contributed by atoms with Gasteiger partial charge in [-0.25, -0.2) is 0 Å². The smallest absolute Gasteiger partial charge is 0.119 e. The lowest BCUT2D eigenvalue weighted by molar-refractivity contribution is 0.0985. The number of ether oxygens (including phenoxy) is 2. The Morgan fingerprint density at radius 1 is 0.900 bits per heavy atom. The van der Waals surface area contributed by atoms with Gasteiger partial charge in [0.2, 0.25) is 0 Å². The van der Waals surface area contributed by atoms with Crippen LogP contribution in [0.3, 0.4) is 0 Å². The lowest BCUT2D eigenvalue weighted by atomic mass is 10.1. The fourth-order valence-corrected chi connectivity index (χ4v) is 1.81. The molecule has 1 aromatic carbocycles. The molecule has 0 saturated heterocycles. The molecule has 20 heavy (non-hydrogen) atoms. The van der Waals surface area contributed by atoms with E-state index in [2.05, 4.69) is 4.98 Å². The highest BCUT2D eigenvalue weighted by molar-refractivity contribution is 5.41. The second kappa shape index (κ2) is 8.17. The van der Waals surface area contributed by atoms with Crippen LogP contribution in [0.5, 0.6) is 5.75 Å². The zero-order valence-electron chi connectivity index (χ0n) is 11.5. The third-order valence-electron chi connectivity index (χ3n) is 2.88. The van der Waals surface area contributed by atoms with Gasteiger partial charge in [-0.1, -0.05) is 0 Å². The first-order valence-corrected chi connectivity index (χ1v) is 6.79. The van der Waals surface area contributed by atoms with E-state index in [1.165, 1.54) is 5.56 Å². The van der Waals surface area contributed by atoms with E-state index in [0.717, 1.165) is 30.9 Å². The third kappa shape index (κ3) is 5.28. The summed E-state index contributed by atoms with van der Waals surface area (Å²) in [6.07, 6.45) is 5.65. The molecular weight excluding hydrogens is 252 g/mol. The summed E-state index contributed by atoms with van der Waals surface area (Å²) in [5.41, 5.74) is 7.63. The van der Waals surface area contributed by atoms with Crippen molar-refractivity contribution in [1.29, 1.82) is 0 Å². The summed E-state index contributed by atoms with van der Waals surface area (Å²) in [6, 6.07) is 11.4. The molecule has 0 aliphatic carbocycles. The van der Waals surface area contributed by atoms with Crippen molar-refractivity contribution in [3.05, 3.63) is 54.4 Å². The number of aromatic nitrogens is 1. The van der Waals surface area contributed by atoms with Gasteiger partial charge in [0.05, 0.1) is 6.61 Å². The molecule has 0 aliphatic heterocycles. The first-order chi connectivity index (χ1) is 9.84. The minimum Gasteiger partial charge on any atom is -0.491 e. The van der Waals surface area contributed by atoms with Crippen molar-refractivity contribution in [3.8, 4) is 5.75 Å². The van der Waals surface area contributed by atoms with E-state index >= 15 is 0 Å². The van der Waals surface area contributed by atoms with Gasteiger partial charge in [-0.15, -0.1) is 0 Å². The molecule has 1 aromatic heterocycles. The van der Waals surface area contributed by atoms with Gasteiger partial charge in [-0.2, -0.15) is 0 Å². The van der Waals surface area contributed by atoms with Crippen LogP contribution in [0, 0.1) is 0 Å². The summed E-state index contributed by atoms with van der Waals surface area (Å²) in [5, 5.41) is 0. The average molecular weight is 272 g/mol. The van der Waals surface area contributed by atoms with Crippen LogP contribution in [-0.2, 0) is 11.2 Å². The molecule has 0 aliphatic rings. The number of benzene rings is 1. The quantitative estimate of drug-likeness (QED) is 0.593. The minimum atomic E-state index is 0.555. The van der Waals surface area contributed by atoms with Gasteiger partial charge in [-0.3, -0.25) is 4.98 Å². The minimum absolute atomic E-state index is 0.555. The Morgan fingerprint density at radius 2 is 1.65 bits per heavy atom. The fraction of sp³-hybridized carbons (Fsp3) is 0.312. The van der Waals surface area contributed by atoms with Crippen LogP contribution >= 0.6 is 0 Å². The van der Waals surface area contributed by atoms with Crippen LogP contribution in [0.2, 0.25) is 0 Å². The van der Waals surface area contributed by atoms with E-state index in [1.54, 1.807) is 0 Å². The van der Waals surface area contributed by atoms with Crippen molar-refractivity contribution >= 4 is 5.69 Å². The second-order valence-corrected chi connectivity index (χ2v) is 4.49. The maximum atomic E-state index is 5.60. The standard InChI is InChI=1S/C16H20N2O2/c17-15-3-5-16(6-4-15)20-13-12-19-11-1-2-14-7-9-18-10-8-14/h3-10H,1-2,11-13,17H2. The number of nitrogen functional groups attached to an aromatic ring is 1. The highest BCUT2D eigenvalue weighted by Crippen LogP contribution is 2.12. The number of aryl methyl sites for hydroxylation is 1. The zero-order chi connectivity index (χ0) is 14.0. The third-order valence-corrected chi connectivity index (χ3v) is 2.88. The van der Waals surface area contributed by atoms with Gasteiger partial charge in [0.25, 0.3) is 0 Å². The Bertz CT molecular complexity index is 486.